The molecule has 0 atom stereocenters. The van der Waals surface area contributed by atoms with Crippen LogP contribution in [0, 0.1) is 0 Å². The summed E-state index contributed by atoms with van der Waals surface area (Å²) in [6, 6.07) is 6.15. The molecule has 3 N–H and O–H groups in total. The Labute approximate surface area is 186 Å². The first-order chi connectivity index (χ1) is 14.9. The number of nitrogens with one attached hydrogen (secondary N) is 1. The third kappa shape index (κ3) is 4.43. The molecule has 11 heteroatoms. The van der Waals surface area contributed by atoms with E-state index in [1.807, 2.05) is 31.1 Å². The number of hydrogen-bond acceptors (Lipinski definition) is 10. The number of nitrogens with zero attached hydrogens (tertiary/aromatic N) is 5. The Hall–Kier alpha value is -2.89. The number of amides is 1. The van der Waals surface area contributed by atoms with E-state index in [0.29, 0.717) is 12.3 Å². The zero-order valence-electron chi connectivity index (χ0n) is 17.1. The maximum Gasteiger partial charge on any atom is 0.230 e. The second kappa shape index (κ2) is 7.66. The number of aromatic nitrogens is 4. The molecule has 160 valence electrons. The Morgan fingerprint density at radius 2 is 2.06 bits per heavy atom. The molecule has 31 heavy (non-hydrogen) atoms. The van der Waals surface area contributed by atoms with Gasteiger partial charge in [-0.3, -0.25) is 4.79 Å². The van der Waals surface area contributed by atoms with Crippen LogP contribution >= 0.6 is 22.7 Å². The topological polar surface area (TPSA) is 123 Å². The fourth-order valence-corrected chi connectivity index (χ4v) is 4.85. The number of nitrogens with two attached hydrogens (primary N) is 1. The lowest BCUT2D eigenvalue weighted by Crippen LogP contribution is -2.44. The second-order valence-corrected chi connectivity index (χ2v) is 9.80. The molecule has 3 heterocycles. The number of hydrogen-bond donors (Lipinski definition) is 2. The van der Waals surface area contributed by atoms with Gasteiger partial charge >= 0.3 is 0 Å². The molecular formula is C20H21N7O2S2. The summed E-state index contributed by atoms with van der Waals surface area (Å²) in [6.45, 7) is 0. The smallest absolute Gasteiger partial charge is 0.230 e. The van der Waals surface area contributed by atoms with Crippen molar-refractivity contribution in [3.63, 3.8) is 0 Å². The minimum Gasteiger partial charge on any atom is -0.424 e. The minimum atomic E-state index is -0.549. The van der Waals surface area contributed by atoms with Gasteiger partial charge in [0.2, 0.25) is 17.7 Å². The molecule has 3 aromatic heterocycles. The predicted octanol–water partition coefficient (Wildman–Crippen LogP) is 2.57. The molecule has 0 unspecified atom stereocenters. The summed E-state index contributed by atoms with van der Waals surface area (Å²) in [6.07, 6.45) is 2.04. The quantitative estimate of drug-likeness (QED) is 0.408. The summed E-state index contributed by atoms with van der Waals surface area (Å²) >= 11 is 3.20. The van der Waals surface area contributed by atoms with Crippen molar-refractivity contribution in [2.75, 3.05) is 19.0 Å². The molecule has 1 saturated carbocycles. The number of thiazole rings is 2. The second-order valence-electron chi connectivity index (χ2n) is 7.85. The SMILES string of the molecule is CN(C)c1nc(-c2ccc3nc(Cc4nnc(CC(=O)NC5(N)CC5)o4)sc3c2)cs1. The molecule has 1 aliphatic carbocycles. The number of fused-ring (bicyclic) bond motifs is 1. The Balaban J connectivity index is 1.28. The molecule has 0 aliphatic heterocycles. The number of carbonyl (C=O) groups excluding carboxylic acids is 1. The molecule has 1 aromatic carbocycles. The fraction of sp³-hybridized carbons (Fsp3) is 0.350. The van der Waals surface area contributed by atoms with Crippen LogP contribution in [0.15, 0.2) is 28.0 Å². The van der Waals surface area contributed by atoms with Crippen molar-refractivity contribution in [2.24, 2.45) is 5.73 Å². The molecule has 0 radical (unpaired) electrons. The van der Waals surface area contributed by atoms with E-state index in [-0.39, 0.29) is 18.2 Å². The van der Waals surface area contributed by atoms with E-state index in [1.165, 1.54) is 0 Å². The van der Waals surface area contributed by atoms with Crippen molar-refractivity contribution in [2.45, 2.75) is 31.3 Å². The predicted molar refractivity (Wildman–Crippen MR) is 120 cm³/mol. The van der Waals surface area contributed by atoms with Crippen LogP contribution in [-0.4, -0.2) is 45.8 Å². The third-order valence-electron chi connectivity index (χ3n) is 4.90. The average Bonchev–Trinajstić information content (AvgIpc) is 3.15. The molecule has 4 aromatic rings. The first-order valence-electron chi connectivity index (χ1n) is 9.81. The van der Waals surface area contributed by atoms with Gasteiger partial charge in [-0.25, -0.2) is 9.97 Å². The van der Waals surface area contributed by atoms with Crippen LogP contribution in [0.2, 0.25) is 0 Å². The summed E-state index contributed by atoms with van der Waals surface area (Å²) in [5.74, 6) is 0.508. The zero-order chi connectivity index (χ0) is 21.6. The Bertz CT molecular complexity index is 1260. The van der Waals surface area contributed by atoms with Crippen molar-refractivity contribution in [3.05, 3.63) is 40.4 Å². The van der Waals surface area contributed by atoms with Gasteiger partial charge < -0.3 is 20.4 Å². The molecule has 0 bridgehead atoms. The monoisotopic (exact) mass is 455 g/mol. The van der Waals surface area contributed by atoms with Crippen molar-refractivity contribution in [3.8, 4) is 11.3 Å². The molecule has 5 rings (SSSR count). The van der Waals surface area contributed by atoms with Crippen molar-refractivity contribution in [1.29, 1.82) is 0 Å². The molecule has 9 nitrogen and oxygen atoms in total. The number of carbonyl (C=O) groups is 1. The van der Waals surface area contributed by atoms with Crippen LogP contribution in [0.4, 0.5) is 5.13 Å². The fourth-order valence-electron chi connectivity index (χ4n) is 3.09. The van der Waals surface area contributed by atoms with Gasteiger partial charge in [-0.05, 0) is 25.0 Å². The van der Waals surface area contributed by atoms with E-state index in [1.54, 1.807) is 22.7 Å². The van der Waals surface area contributed by atoms with Crippen LogP contribution in [-0.2, 0) is 17.6 Å². The van der Waals surface area contributed by atoms with E-state index in [9.17, 15) is 4.79 Å². The van der Waals surface area contributed by atoms with Crippen LogP contribution in [0.3, 0.4) is 0 Å². The van der Waals surface area contributed by atoms with Gasteiger partial charge in [0.15, 0.2) is 5.13 Å². The maximum atomic E-state index is 12.0. The van der Waals surface area contributed by atoms with E-state index in [2.05, 4.69) is 36.9 Å². The number of benzene rings is 1. The van der Waals surface area contributed by atoms with E-state index in [4.69, 9.17) is 10.2 Å². The maximum absolute atomic E-state index is 12.0. The summed E-state index contributed by atoms with van der Waals surface area (Å²) in [5.41, 5.74) is 8.28. The van der Waals surface area contributed by atoms with Crippen LogP contribution in [0.25, 0.3) is 21.5 Å². The minimum absolute atomic E-state index is 0.0255. The normalized spacial score (nSPS) is 14.7. The standard InChI is InChI=1S/C20H21N7O2S2/c1-27(2)19-23-13(10-30-19)11-3-4-12-14(7-11)31-18(22-12)9-17-26-25-16(29-17)8-15(28)24-20(21)5-6-20/h3-4,7,10H,5-6,8-9,21H2,1-2H3,(H,24,28). The summed E-state index contributed by atoms with van der Waals surface area (Å²) < 4.78 is 6.71. The average molecular weight is 456 g/mol. The van der Waals surface area contributed by atoms with Gasteiger partial charge in [-0.15, -0.1) is 32.9 Å². The number of rotatable bonds is 7. The molecule has 1 fully saturated rings. The lowest BCUT2D eigenvalue weighted by Gasteiger charge is -2.09. The van der Waals surface area contributed by atoms with Crippen LogP contribution in [0.5, 0.6) is 0 Å². The summed E-state index contributed by atoms with van der Waals surface area (Å²) in [7, 11) is 3.97. The molecule has 0 saturated heterocycles. The van der Waals surface area contributed by atoms with Gasteiger partial charge in [0, 0.05) is 25.0 Å². The Kier molecular flexibility index (Phi) is 4.95. The highest BCUT2D eigenvalue weighted by Crippen LogP contribution is 2.31. The Morgan fingerprint density at radius 1 is 1.26 bits per heavy atom. The van der Waals surface area contributed by atoms with E-state index < -0.39 is 5.66 Å². The molecule has 0 spiro atoms. The lowest BCUT2D eigenvalue weighted by atomic mass is 10.2. The van der Waals surface area contributed by atoms with Gasteiger partial charge in [-0.2, -0.15) is 0 Å². The zero-order valence-corrected chi connectivity index (χ0v) is 18.7. The molecular weight excluding hydrogens is 434 g/mol. The van der Waals surface area contributed by atoms with Gasteiger partial charge in [0.05, 0.1) is 28.0 Å². The van der Waals surface area contributed by atoms with Crippen LogP contribution in [0.1, 0.15) is 29.6 Å². The van der Waals surface area contributed by atoms with E-state index in [0.717, 1.165) is 44.5 Å². The number of anilines is 1. The van der Waals surface area contributed by atoms with Crippen molar-refractivity contribution < 1.29 is 9.21 Å². The van der Waals surface area contributed by atoms with Gasteiger partial charge in [0.1, 0.15) is 11.4 Å². The first-order valence-corrected chi connectivity index (χ1v) is 11.5. The van der Waals surface area contributed by atoms with Crippen molar-refractivity contribution >= 4 is 43.9 Å². The highest BCUT2D eigenvalue weighted by molar-refractivity contribution is 7.18. The summed E-state index contributed by atoms with van der Waals surface area (Å²) in [4.78, 5) is 23.3. The van der Waals surface area contributed by atoms with Gasteiger partial charge in [0.25, 0.3) is 0 Å². The highest BCUT2D eigenvalue weighted by atomic mass is 32.1. The Morgan fingerprint density at radius 3 is 2.81 bits per heavy atom. The van der Waals surface area contributed by atoms with E-state index >= 15 is 0 Å². The van der Waals surface area contributed by atoms with Crippen molar-refractivity contribution in [1.82, 2.24) is 25.5 Å². The highest BCUT2D eigenvalue weighted by Gasteiger charge is 2.39. The largest absolute Gasteiger partial charge is 0.424 e. The summed E-state index contributed by atoms with van der Waals surface area (Å²) in [5, 5.41) is 14.7. The molecule has 1 aliphatic rings. The van der Waals surface area contributed by atoms with Crippen LogP contribution < -0.4 is 16.0 Å². The molecule has 1 amide bonds. The first kappa shape index (κ1) is 20.0. The third-order valence-corrected chi connectivity index (χ3v) is 6.93. The van der Waals surface area contributed by atoms with Gasteiger partial charge in [-0.1, -0.05) is 6.07 Å². The lowest BCUT2D eigenvalue weighted by molar-refractivity contribution is -0.121.